The molecule has 0 unspecified atom stereocenters. The van der Waals surface area contributed by atoms with Gasteiger partial charge < -0.3 is 22.0 Å². The smallest absolute Gasteiger partial charge is 0.436 e. The zero-order valence-electron chi connectivity index (χ0n) is 15.0. The number of hydrogen-bond donors (Lipinski definition) is 0. The fraction of sp³-hybridized carbons (Fsp3) is 0.100. The third-order valence-electron chi connectivity index (χ3n) is 3.88. The highest BCUT2D eigenvalue weighted by molar-refractivity contribution is 6.50. The summed E-state index contributed by atoms with van der Waals surface area (Å²) in [5.41, 5.74) is 5.41. The van der Waals surface area contributed by atoms with Gasteiger partial charge in [-0.05, 0) is 34.9 Å². The first-order valence-electron chi connectivity index (χ1n) is 8.57. The second kappa shape index (κ2) is 8.25. The van der Waals surface area contributed by atoms with E-state index in [0.29, 0.717) is 6.61 Å². The van der Waals surface area contributed by atoms with Crippen molar-refractivity contribution < 1.29 is 26.7 Å². The summed E-state index contributed by atoms with van der Waals surface area (Å²) in [5, 5.41) is 4.67. The van der Waals surface area contributed by atoms with Crippen LogP contribution >= 0.6 is 0 Å². The van der Waals surface area contributed by atoms with Crippen LogP contribution in [0.1, 0.15) is 6.92 Å². The Kier molecular flexibility index (Phi) is 5.77. The van der Waals surface area contributed by atoms with Crippen molar-refractivity contribution in [1.82, 2.24) is 0 Å². The molecule has 2 heterocycles. The summed E-state index contributed by atoms with van der Waals surface area (Å²) in [6.45, 7) is 2.52. The minimum Gasteiger partial charge on any atom is -0.436 e. The molecule has 1 aliphatic rings. The minimum atomic E-state index is -6.00. The van der Waals surface area contributed by atoms with Crippen molar-refractivity contribution in [3.8, 4) is 28.3 Å². The molecule has 0 radical (unpaired) electrons. The molecule has 8 heteroatoms. The summed E-state index contributed by atoms with van der Waals surface area (Å²) in [6, 6.07) is 24.9. The van der Waals surface area contributed by atoms with Crippen LogP contribution in [0.2, 0.25) is 0 Å². The number of hydrogen-bond acceptors (Lipinski definition) is 2. The lowest BCUT2D eigenvalue weighted by Gasteiger charge is -2.12. The Balaban J connectivity index is 0.000000403. The summed E-state index contributed by atoms with van der Waals surface area (Å²) >= 11 is 0. The Morgan fingerprint density at radius 2 is 1.36 bits per heavy atom. The maximum absolute atomic E-state index is 9.75. The highest BCUT2D eigenvalue weighted by atomic mass is 19.5. The fourth-order valence-electron chi connectivity index (χ4n) is 2.76. The van der Waals surface area contributed by atoms with Crippen molar-refractivity contribution in [2.24, 2.45) is 5.10 Å². The first-order valence-corrected chi connectivity index (χ1v) is 8.57. The second-order valence-corrected chi connectivity index (χ2v) is 6.13. The number of rotatable bonds is 2. The van der Waals surface area contributed by atoms with Crippen LogP contribution in [0.4, 0.5) is 17.3 Å². The Labute approximate surface area is 160 Å². The number of aromatic nitrogens is 1. The lowest BCUT2D eigenvalue weighted by Crippen LogP contribution is -2.39. The summed E-state index contributed by atoms with van der Waals surface area (Å²) in [6.07, 6.45) is 0. The Bertz CT molecular complexity index is 971. The van der Waals surface area contributed by atoms with Gasteiger partial charge in [-0.25, -0.2) is 0 Å². The summed E-state index contributed by atoms with van der Waals surface area (Å²) < 4.78 is 46.8. The van der Waals surface area contributed by atoms with E-state index < -0.39 is 7.25 Å². The van der Waals surface area contributed by atoms with Gasteiger partial charge in [0.05, 0.1) is 6.07 Å². The molecule has 0 fully saturated rings. The normalized spacial score (nSPS) is 12.8. The third-order valence-corrected chi connectivity index (χ3v) is 3.88. The van der Waals surface area contributed by atoms with E-state index in [2.05, 4.69) is 41.5 Å². The van der Waals surface area contributed by atoms with Crippen LogP contribution in [0.3, 0.4) is 0 Å². The quantitative estimate of drug-likeness (QED) is 0.336. The lowest BCUT2D eigenvalue weighted by atomic mass is 10.0. The molecule has 0 bridgehead atoms. The van der Waals surface area contributed by atoms with Crippen molar-refractivity contribution in [3.05, 3.63) is 72.8 Å². The zero-order valence-corrected chi connectivity index (χ0v) is 15.0. The summed E-state index contributed by atoms with van der Waals surface area (Å²) in [7, 11) is -6.00. The SMILES string of the molecule is CC1=N[n+]2c(cc(-c3ccccc3)cc2-c2ccccc2)OC1.F[B-](F)(F)F. The van der Waals surface area contributed by atoms with Crippen molar-refractivity contribution in [2.45, 2.75) is 6.92 Å². The van der Waals surface area contributed by atoms with Crippen LogP contribution in [0.5, 0.6) is 5.88 Å². The van der Waals surface area contributed by atoms with Gasteiger partial charge in [0, 0.05) is 16.7 Å². The van der Waals surface area contributed by atoms with Crippen molar-refractivity contribution in [3.63, 3.8) is 0 Å². The molecule has 2 aromatic carbocycles. The first kappa shape index (κ1) is 19.6. The van der Waals surface area contributed by atoms with Crippen LogP contribution in [0, 0.1) is 0 Å². The van der Waals surface area contributed by atoms with Gasteiger partial charge in [-0.3, -0.25) is 0 Å². The largest absolute Gasteiger partial charge is 0.673 e. The predicted octanol–water partition coefficient (Wildman–Crippen LogP) is 5.22. The van der Waals surface area contributed by atoms with E-state index in [-0.39, 0.29) is 0 Å². The molecule has 1 aromatic heterocycles. The van der Waals surface area contributed by atoms with Crippen molar-refractivity contribution >= 4 is 13.0 Å². The van der Waals surface area contributed by atoms with Crippen LogP contribution in [-0.2, 0) is 0 Å². The second-order valence-electron chi connectivity index (χ2n) is 6.13. The van der Waals surface area contributed by atoms with Crippen molar-refractivity contribution in [1.29, 1.82) is 0 Å². The molecule has 3 aromatic rings. The summed E-state index contributed by atoms with van der Waals surface area (Å²) in [4.78, 5) is 0. The Morgan fingerprint density at radius 3 is 1.93 bits per heavy atom. The van der Waals surface area contributed by atoms with Gasteiger partial charge in [-0.15, -0.1) is 0 Å². The Hall–Kier alpha value is -3.16. The van der Waals surface area contributed by atoms with Gasteiger partial charge in [0.25, 0.3) is 0 Å². The zero-order chi connectivity index (χ0) is 20.1. The van der Waals surface area contributed by atoms with E-state index in [4.69, 9.17) is 4.74 Å². The van der Waals surface area contributed by atoms with Gasteiger partial charge >= 0.3 is 13.1 Å². The number of benzene rings is 2. The Morgan fingerprint density at radius 1 is 0.821 bits per heavy atom. The average molecular weight is 388 g/mol. The molecule has 0 aliphatic carbocycles. The predicted molar refractivity (Wildman–Crippen MR) is 102 cm³/mol. The van der Waals surface area contributed by atoms with Gasteiger partial charge in [-0.1, -0.05) is 48.5 Å². The van der Waals surface area contributed by atoms with E-state index in [0.717, 1.165) is 28.4 Å². The average Bonchev–Trinajstić information content (AvgIpc) is 2.67. The summed E-state index contributed by atoms with van der Waals surface area (Å²) in [5.74, 6) is 0.774. The maximum atomic E-state index is 9.75. The maximum Gasteiger partial charge on any atom is 0.673 e. The van der Waals surface area contributed by atoms with E-state index in [1.807, 2.05) is 48.0 Å². The van der Waals surface area contributed by atoms with E-state index in [1.165, 1.54) is 5.56 Å². The van der Waals surface area contributed by atoms with Crippen LogP contribution in [0.15, 0.2) is 77.9 Å². The van der Waals surface area contributed by atoms with Gasteiger partial charge in [-0.2, -0.15) is 0 Å². The van der Waals surface area contributed by atoms with Gasteiger partial charge in [0.15, 0.2) is 0 Å². The molecule has 4 rings (SSSR count). The molecule has 144 valence electrons. The number of ether oxygens (including phenoxy) is 1. The fourth-order valence-corrected chi connectivity index (χ4v) is 2.76. The van der Waals surface area contributed by atoms with Crippen LogP contribution < -0.4 is 9.41 Å². The van der Waals surface area contributed by atoms with Crippen molar-refractivity contribution in [2.75, 3.05) is 6.61 Å². The molecule has 0 N–H and O–H groups in total. The highest BCUT2D eigenvalue weighted by Gasteiger charge is 2.26. The molecule has 28 heavy (non-hydrogen) atoms. The molecule has 0 saturated carbocycles. The lowest BCUT2D eigenvalue weighted by molar-refractivity contribution is -0.676. The number of pyridine rings is 1. The standard InChI is InChI=1S/C20H17N2O.BF4/c1-15-14-23-20-13-18(16-8-4-2-5-9-16)12-19(22(20)21-15)17-10-6-3-7-11-17;2-1(3,4)5/h2-13H,14H2,1H3;/q+1;-1. The third kappa shape index (κ3) is 5.19. The number of halogens is 4. The molecule has 3 nitrogen and oxygen atoms in total. The van der Waals surface area contributed by atoms with E-state index in [9.17, 15) is 17.3 Å². The highest BCUT2D eigenvalue weighted by Crippen LogP contribution is 2.28. The number of fused-ring (bicyclic) bond motifs is 1. The molecule has 0 saturated heterocycles. The molecule has 0 spiro atoms. The molecular weight excluding hydrogens is 371 g/mol. The molecular formula is C20H17BF4N2O. The topological polar surface area (TPSA) is 25.5 Å². The number of nitrogens with zero attached hydrogens (tertiary/aromatic N) is 2. The van der Waals surface area contributed by atoms with Crippen LogP contribution in [-0.4, -0.2) is 19.6 Å². The minimum absolute atomic E-state index is 0.534. The first-order chi connectivity index (χ1) is 13.3. The molecule has 0 amide bonds. The molecule has 0 atom stereocenters. The van der Waals surface area contributed by atoms with E-state index >= 15 is 0 Å². The van der Waals surface area contributed by atoms with Gasteiger partial charge in [0.1, 0.15) is 12.3 Å². The van der Waals surface area contributed by atoms with E-state index in [1.54, 1.807) is 0 Å². The molecule has 1 aliphatic heterocycles. The van der Waals surface area contributed by atoms with Crippen LogP contribution in [0.25, 0.3) is 22.4 Å². The monoisotopic (exact) mass is 388 g/mol. The van der Waals surface area contributed by atoms with Gasteiger partial charge in [0.2, 0.25) is 5.69 Å².